The van der Waals surface area contributed by atoms with Crippen LogP contribution in [0.4, 0.5) is 13.2 Å². The van der Waals surface area contributed by atoms with Gasteiger partial charge in [0.1, 0.15) is 0 Å². The van der Waals surface area contributed by atoms with Gasteiger partial charge in [-0.05, 0) is 12.1 Å². The molecule has 0 aliphatic carbocycles. The maximum Gasteiger partial charge on any atom is 0.417 e. The molecule has 0 radical (unpaired) electrons. The number of H-pyrrole nitrogens is 1. The molecular formula is C11H7F3N2O2. The molecule has 1 aromatic carbocycles. The Morgan fingerprint density at radius 2 is 1.89 bits per heavy atom. The molecule has 0 saturated carbocycles. The number of pyridine rings is 1. The average molecular weight is 256 g/mol. The number of carbonyl (C=O) groups excluding carboxylic acids is 1. The minimum atomic E-state index is -4.64. The van der Waals surface area contributed by atoms with Crippen LogP contribution in [-0.2, 0) is 6.18 Å². The van der Waals surface area contributed by atoms with Gasteiger partial charge in [-0.15, -0.1) is 0 Å². The molecule has 0 saturated heterocycles. The first kappa shape index (κ1) is 12.2. The number of rotatable bonds is 1. The summed E-state index contributed by atoms with van der Waals surface area (Å²) in [5.74, 6) is -0.782. The van der Waals surface area contributed by atoms with E-state index in [2.05, 4.69) is 4.98 Å². The number of alkyl halides is 3. The Bertz CT molecular complexity index is 689. The lowest BCUT2D eigenvalue weighted by Crippen LogP contribution is -2.15. The number of aromatic amines is 1. The van der Waals surface area contributed by atoms with E-state index in [9.17, 15) is 22.8 Å². The third-order valence-electron chi connectivity index (χ3n) is 2.43. The van der Waals surface area contributed by atoms with Gasteiger partial charge in [0.2, 0.25) is 11.5 Å². The third kappa shape index (κ3) is 2.06. The minimum absolute atomic E-state index is 0.0254. The molecule has 0 unspecified atom stereocenters. The molecule has 1 aromatic heterocycles. The lowest BCUT2D eigenvalue weighted by molar-refractivity contribution is -0.136. The van der Waals surface area contributed by atoms with Crippen LogP contribution in [0.15, 0.2) is 29.1 Å². The summed E-state index contributed by atoms with van der Waals surface area (Å²) >= 11 is 0. The van der Waals surface area contributed by atoms with Crippen molar-refractivity contribution in [2.24, 2.45) is 5.73 Å². The standard InChI is InChI=1S/C11H7F3N2O2/c12-11(13,14)7-4-9(17)16-8-3-5(10(15)18)1-2-6(7)8/h1-4H,(H2,15,18)(H,16,17). The number of primary amides is 1. The summed E-state index contributed by atoms with van der Waals surface area (Å²) in [5.41, 5.74) is 3.02. The Morgan fingerprint density at radius 1 is 1.22 bits per heavy atom. The maximum atomic E-state index is 12.7. The molecule has 0 fully saturated rings. The zero-order chi connectivity index (χ0) is 13.5. The van der Waals surface area contributed by atoms with E-state index in [1.807, 2.05) is 0 Å². The fraction of sp³-hybridized carbons (Fsp3) is 0.0909. The van der Waals surface area contributed by atoms with Gasteiger partial charge in [-0.1, -0.05) is 6.07 Å². The summed E-state index contributed by atoms with van der Waals surface area (Å²) in [4.78, 5) is 24.3. The Kier molecular flexibility index (Phi) is 2.61. The van der Waals surface area contributed by atoms with Crippen LogP contribution in [0.1, 0.15) is 15.9 Å². The van der Waals surface area contributed by atoms with Crippen LogP contribution in [0.25, 0.3) is 10.9 Å². The van der Waals surface area contributed by atoms with E-state index in [0.717, 1.165) is 12.1 Å². The molecule has 0 aliphatic heterocycles. The number of benzene rings is 1. The van der Waals surface area contributed by atoms with Crippen molar-refractivity contribution in [2.45, 2.75) is 6.18 Å². The summed E-state index contributed by atoms with van der Waals surface area (Å²) in [7, 11) is 0. The van der Waals surface area contributed by atoms with E-state index in [1.54, 1.807) is 0 Å². The Labute approximate surface area is 98.2 Å². The number of aromatic nitrogens is 1. The van der Waals surface area contributed by atoms with Crippen molar-refractivity contribution in [3.63, 3.8) is 0 Å². The number of hydrogen-bond donors (Lipinski definition) is 2. The molecule has 18 heavy (non-hydrogen) atoms. The number of nitrogens with one attached hydrogen (secondary N) is 1. The summed E-state index contributed by atoms with van der Waals surface area (Å²) < 4.78 is 38.1. The average Bonchev–Trinajstić information content (AvgIpc) is 2.25. The predicted octanol–water partition coefficient (Wildman–Crippen LogP) is 1.65. The van der Waals surface area contributed by atoms with Gasteiger partial charge in [0.15, 0.2) is 0 Å². The van der Waals surface area contributed by atoms with E-state index >= 15 is 0 Å². The molecule has 1 amide bonds. The molecule has 7 heteroatoms. The number of carbonyl (C=O) groups is 1. The quantitative estimate of drug-likeness (QED) is 0.813. The number of amides is 1. The molecule has 0 atom stereocenters. The molecule has 0 aliphatic rings. The van der Waals surface area contributed by atoms with Gasteiger partial charge < -0.3 is 10.7 Å². The van der Waals surface area contributed by atoms with Crippen molar-refractivity contribution in [3.8, 4) is 0 Å². The first-order valence-electron chi connectivity index (χ1n) is 4.83. The summed E-state index contributed by atoms with van der Waals surface area (Å²) in [6.07, 6.45) is -4.64. The monoisotopic (exact) mass is 256 g/mol. The maximum absolute atomic E-state index is 12.7. The minimum Gasteiger partial charge on any atom is -0.366 e. The smallest absolute Gasteiger partial charge is 0.366 e. The van der Waals surface area contributed by atoms with Crippen LogP contribution in [-0.4, -0.2) is 10.9 Å². The van der Waals surface area contributed by atoms with Gasteiger partial charge >= 0.3 is 6.18 Å². The Morgan fingerprint density at radius 3 is 2.44 bits per heavy atom. The topological polar surface area (TPSA) is 76.0 Å². The van der Waals surface area contributed by atoms with Gasteiger partial charge in [-0.25, -0.2) is 0 Å². The van der Waals surface area contributed by atoms with Crippen LogP contribution in [0.5, 0.6) is 0 Å². The van der Waals surface area contributed by atoms with E-state index < -0.39 is 23.2 Å². The molecule has 94 valence electrons. The second-order valence-electron chi connectivity index (χ2n) is 3.67. The van der Waals surface area contributed by atoms with Gasteiger partial charge in [0.05, 0.1) is 5.56 Å². The van der Waals surface area contributed by atoms with Gasteiger partial charge in [0, 0.05) is 22.5 Å². The van der Waals surface area contributed by atoms with Crippen molar-refractivity contribution in [2.75, 3.05) is 0 Å². The summed E-state index contributed by atoms with van der Waals surface area (Å²) in [5, 5.41) is -0.188. The van der Waals surface area contributed by atoms with Gasteiger partial charge in [0.25, 0.3) is 0 Å². The highest BCUT2D eigenvalue weighted by Gasteiger charge is 2.33. The number of hydrogen-bond acceptors (Lipinski definition) is 2. The first-order chi connectivity index (χ1) is 8.29. The van der Waals surface area contributed by atoms with Crippen molar-refractivity contribution in [3.05, 3.63) is 45.7 Å². The molecule has 3 N–H and O–H groups in total. The highest BCUT2D eigenvalue weighted by molar-refractivity contribution is 5.97. The highest BCUT2D eigenvalue weighted by Crippen LogP contribution is 2.33. The highest BCUT2D eigenvalue weighted by atomic mass is 19.4. The molecule has 2 rings (SSSR count). The number of fused-ring (bicyclic) bond motifs is 1. The fourth-order valence-corrected chi connectivity index (χ4v) is 1.65. The zero-order valence-electron chi connectivity index (χ0n) is 8.84. The lowest BCUT2D eigenvalue weighted by atomic mass is 10.1. The normalized spacial score (nSPS) is 11.7. The van der Waals surface area contributed by atoms with Crippen molar-refractivity contribution in [1.29, 1.82) is 0 Å². The zero-order valence-corrected chi connectivity index (χ0v) is 8.84. The number of halogens is 3. The van der Waals surface area contributed by atoms with Crippen molar-refractivity contribution in [1.82, 2.24) is 4.98 Å². The van der Waals surface area contributed by atoms with Crippen LogP contribution in [0, 0.1) is 0 Å². The van der Waals surface area contributed by atoms with Gasteiger partial charge in [-0.3, -0.25) is 9.59 Å². The Hall–Kier alpha value is -2.31. The van der Waals surface area contributed by atoms with E-state index in [4.69, 9.17) is 5.73 Å². The molecule has 1 heterocycles. The van der Waals surface area contributed by atoms with E-state index in [-0.39, 0.29) is 16.5 Å². The molecule has 4 nitrogen and oxygen atoms in total. The lowest BCUT2D eigenvalue weighted by Gasteiger charge is -2.10. The number of nitrogens with two attached hydrogens (primary N) is 1. The fourth-order valence-electron chi connectivity index (χ4n) is 1.65. The second-order valence-corrected chi connectivity index (χ2v) is 3.67. The van der Waals surface area contributed by atoms with Crippen LogP contribution < -0.4 is 11.3 Å². The van der Waals surface area contributed by atoms with E-state index in [1.165, 1.54) is 6.07 Å². The van der Waals surface area contributed by atoms with E-state index in [0.29, 0.717) is 6.07 Å². The third-order valence-corrected chi connectivity index (χ3v) is 2.43. The van der Waals surface area contributed by atoms with Crippen LogP contribution in [0.3, 0.4) is 0 Å². The van der Waals surface area contributed by atoms with Crippen LogP contribution >= 0.6 is 0 Å². The summed E-state index contributed by atoms with van der Waals surface area (Å²) in [6.45, 7) is 0. The molecule has 0 bridgehead atoms. The Balaban J connectivity index is 2.83. The van der Waals surface area contributed by atoms with Crippen molar-refractivity contribution < 1.29 is 18.0 Å². The summed E-state index contributed by atoms with van der Waals surface area (Å²) in [6, 6.07) is 3.88. The van der Waals surface area contributed by atoms with Gasteiger partial charge in [-0.2, -0.15) is 13.2 Å². The second kappa shape index (κ2) is 3.86. The molecular weight excluding hydrogens is 249 g/mol. The first-order valence-corrected chi connectivity index (χ1v) is 4.83. The largest absolute Gasteiger partial charge is 0.417 e. The predicted molar refractivity (Wildman–Crippen MR) is 58.1 cm³/mol. The van der Waals surface area contributed by atoms with Crippen LogP contribution in [0.2, 0.25) is 0 Å². The SMILES string of the molecule is NC(=O)c1ccc2c(C(F)(F)F)cc(=O)[nH]c2c1. The van der Waals surface area contributed by atoms with Crippen molar-refractivity contribution >= 4 is 16.8 Å². The molecule has 0 spiro atoms. The molecule has 2 aromatic rings.